The van der Waals surface area contributed by atoms with E-state index in [2.05, 4.69) is 15.3 Å². The number of hydrogen-bond acceptors (Lipinski definition) is 5. The maximum absolute atomic E-state index is 13.8. The Morgan fingerprint density at radius 2 is 2.41 bits per heavy atom. The van der Waals surface area contributed by atoms with E-state index in [9.17, 15) is 9.50 Å². The summed E-state index contributed by atoms with van der Waals surface area (Å²) in [4.78, 5) is 7.67. The highest BCUT2D eigenvalue weighted by atomic mass is 19.1. The van der Waals surface area contributed by atoms with E-state index in [-0.39, 0.29) is 19.0 Å². The van der Waals surface area contributed by atoms with Crippen LogP contribution >= 0.6 is 0 Å². The maximum atomic E-state index is 13.8. The van der Waals surface area contributed by atoms with Crippen molar-refractivity contribution in [2.75, 3.05) is 25.1 Å². The zero-order valence-corrected chi connectivity index (χ0v) is 9.74. The number of hydrogen-bond donors (Lipinski definition) is 2. The third-order valence-corrected chi connectivity index (χ3v) is 2.86. The molecular formula is C11H16FN3O2. The molecule has 2 rings (SSSR count). The fourth-order valence-corrected chi connectivity index (χ4v) is 1.76. The van der Waals surface area contributed by atoms with Crippen LogP contribution in [0.2, 0.25) is 0 Å². The number of nitrogens with zero attached hydrogens (tertiary/aromatic N) is 2. The van der Waals surface area contributed by atoms with Gasteiger partial charge < -0.3 is 15.2 Å². The number of nitrogens with one attached hydrogen (secondary N) is 1. The van der Waals surface area contributed by atoms with E-state index < -0.39 is 11.4 Å². The highest BCUT2D eigenvalue weighted by Gasteiger charge is 2.32. The Hall–Kier alpha value is -1.27. The van der Waals surface area contributed by atoms with Crippen molar-refractivity contribution < 1.29 is 14.2 Å². The molecule has 0 aliphatic carbocycles. The molecule has 1 aromatic rings. The summed E-state index contributed by atoms with van der Waals surface area (Å²) in [5.74, 6) is -0.310. The molecule has 17 heavy (non-hydrogen) atoms. The van der Waals surface area contributed by atoms with Crippen LogP contribution in [0, 0.1) is 5.82 Å². The van der Waals surface area contributed by atoms with Crippen LogP contribution in [0.5, 0.6) is 0 Å². The molecule has 1 aromatic heterocycles. The quantitative estimate of drug-likeness (QED) is 0.814. The molecule has 1 saturated heterocycles. The average Bonchev–Trinajstić information content (AvgIpc) is 2.75. The van der Waals surface area contributed by atoms with E-state index in [0.29, 0.717) is 25.1 Å². The molecule has 0 saturated carbocycles. The van der Waals surface area contributed by atoms with Crippen molar-refractivity contribution >= 4 is 5.82 Å². The van der Waals surface area contributed by atoms with E-state index in [0.717, 1.165) is 0 Å². The van der Waals surface area contributed by atoms with Crippen molar-refractivity contribution in [2.45, 2.75) is 25.4 Å². The second-order valence-corrected chi connectivity index (χ2v) is 4.22. The fourth-order valence-electron chi connectivity index (χ4n) is 1.76. The van der Waals surface area contributed by atoms with Crippen LogP contribution in [0.1, 0.15) is 19.0 Å². The minimum Gasteiger partial charge on any atom is -0.386 e. The SMILES string of the molecule is CCc1ncnc(NCC2(O)CCOC2)c1F. The van der Waals surface area contributed by atoms with Crippen LogP contribution in [-0.2, 0) is 11.2 Å². The lowest BCUT2D eigenvalue weighted by atomic mass is 10.0. The van der Waals surface area contributed by atoms with Crippen molar-refractivity contribution in [3.05, 3.63) is 17.8 Å². The standard InChI is InChI=1S/C11H16FN3O2/c1-2-8-9(12)10(15-7-14-8)13-5-11(16)3-4-17-6-11/h7,16H,2-6H2,1H3,(H,13,14,15). The summed E-state index contributed by atoms with van der Waals surface area (Å²) in [5.41, 5.74) is -0.554. The van der Waals surface area contributed by atoms with E-state index >= 15 is 0 Å². The van der Waals surface area contributed by atoms with Gasteiger partial charge in [-0.1, -0.05) is 6.92 Å². The van der Waals surface area contributed by atoms with E-state index in [4.69, 9.17) is 4.74 Å². The minimum atomic E-state index is -0.927. The Kier molecular flexibility index (Phi) is 3.54. The summed E-state index contributed by atoms with van der Waals surface area (Å²) in [6.07, 6.45) is 2.38. The predicted molar refractivity (Wildman–Crippen MR) is 60.2 cm³/mol. The van der Waals surface area contributed by atoms with Gasteiger partial charge in [0.15, 0.2) is 11.6 Å². The van der Waals surface area contributed by atoms with Crippen LogP contribution in [0.25, 0.3) is 0 Å². The van der Waals surface area contributed by atoms with Gasteiger partial charge in [0.05, 0.1) is 12.3 Å². The lowest BCUT2D eigenvalue weighted by Crippen LogP contribution is -2.37. The number of halogens is 1. The largest absolute Gasteiger partial charge is 0.386 e. The van der Waals surface area contributed by atoms with Crippen LogP contribution in [-0.4, -0.2) is 40.4 Å². The number of aromatic nitrogens is 2. The summed E-state index contributed by atoms with van der Waals surface area (Å²) in [7, 11) is 0. The van der Waals surface area contributed by atoms with Crippen LogP contribution in [0.15, 0.2) is 6.33 Å². The van der Waals surface area contributed by atoms with Gasteiger partial charge in [-0.15, -0.1) is 0 Å². The molecule has 1 fully saturated rings. The van der Waals surface area contributed by atoms with Gasteiger partial charge in [0, 0.05) is 19.6 Å². The average molecular weight is 241 g/mol. The van der Waals surface area contributed by atoms with Crippen molar-refractivity contribution in [2.24, 2.45) is 0 Å². The number of anilines is 1. The van der Waals surface area contributed by atoms with Crippen LogP contribution in [0.3, 0.4) is 0 Å². The number of aliphatic hydroxyl groups is 1. The summed E-state index contributed by atoms with van der Waals surface area (Å²) >= 11 is 0. The second kappa shape index (κ2) is 4.93. The molecule has 0 radical (unpaired) electrons. The molecule has 6 heteroatoms. The van der Waals surface area contributed by atoms with Crippen molar-refractivity contribution in [3.63, 3.8) is 0 Å². The topological polar surface area (TPSA) is 67.3 Å². The second-order valence-electron chi connectivity index (χ2n) is 4.22. The highest BCUT2D eigenvalue weighted by molar-refractivity contribution is 5.37. The van der Waals surface area contributed by atoms with Gasteiger partial charge in [-0.2, -0.15) is 0 Å². The smallest absolute Gasteiger partial charge is 0.186 e. The monoisotopic (exact) mass is 241 g/mol. The van der Waals surface area contributed by atoms with Gasteiger partial charge >= 0.3 is 0 Å². The number of rotatable bonds is 4. The summed E-state index contributed by atoms with van der Waals surface area (Å²) in [5, 5.41) is 12.8. The van der Waals surface area contributed by atoms with Crippen molar-refractivity contribution in [3.8, 4) is 0 Å². The predicted octanol–water partition coefficient (Wildman–Crippen LogP) is 0.741. The third kappa shape index (κ3) is 2.70. The zero-order valence-electron chi connectivity index (χ0n) is 9.74. The van der Waals surface area contributed by atoms with E-state index in [1.54, 1.807) is 0 Å². The van der Waals surface area contributed by atoms with Gasteiger partial charge in [0.2, 0.25) is 0 Å². The summed E-state index contributed by atoms with van der Waals surface area (Å²) in [6, 6.07) is 0. The first kappa shape index (κ1) is 12.2. The normalized spacial score (nSPS) is 23.9. The van der Waals surface area contributed by atoms with Gasteiger partial charge in [-0.25, -0.2) is 14.4 Å². The van der Waals surface area contributed by atoms with Crippen molar-refractivity contribution in [1.82, 2.24) is 9.97 Å². The van der Waals surface area contributed by atoms with Gasteiger partial charge in [0.25, 0.3) is 0 Å². The summed E-state index contributed by atoms with van der Waals surface area (Å²) < 4.78 is 18.9. The highest BCUT2D eigenvalue weighted by Crippen LogP contribution is 2.20. The minimum absolute atomic E-state index is 0.136. The van der Waals surface area contributed by atoms with Gasteiger partial charge in [-0.05, 0) is 6.42 Å². The van der Waals surface area contributed by atoms with Crippen LogP contribution < -0.4 is 5.32 Å². The first-order valence-corrected chi connectivity index (χ1v) is 5.68. The Bertz CT molecular complexity index is 394. The Balaban J connectivity index is 2.03. The molecule has 1 atom stereocenters. The zero-order chi connectivity index (χ0) is 12.3. The summed E-state index contributed by atoms with van der Waals surface area (Å²) in [6.45, 7) is 2.86. The first-order valence-electron chi connectivity index (χ1n) is 5.68. The lowest BCUT2D eigenvalue weighted by Gasteiger charge is -2.21. The Labute approximate surface area is 99.0 Å². The number of ether oxygens (including phenoxy) is 1. The van der Waals surface area contributed by atoms with Gasteiger partial charge in [-0.3, -0.25) is 0 Å². The third-order valence-electron chi connectivity index (χ3n) is 2.86. The van der Waals surface area contributed by atoms with E-state index in [1.807, 2.05) is 6.92 Å². The molecular weight excluding hydrogens is 225 g/mol. The molecule has 1 aliphatic rings. The Morgan fingerprint density at radius 3 is 3.06 bits per heavy atom. The first-order chi connectivity index (χ1) is 8.14. The molecule has 2 N–H and O–H groups in total. The molecule has 1 aliphatic heterocycles. The number of aryl methyl sites for hydroxylation is 1. The maximum Gasteiger partial charge on any atom is 0.186 e. The Morgan fingerprint density at radius 1 is 1.59 bits per heavy atom. The van der Waals surface area contributed by atoms with Gasteiger partial charge in [0.1, 0.15) is 11.9 Å². The van der Waals surface area contributed by atoms with Crippen LogP contribution in [0.4, 0.5) is 10.2 Å². The molecule has 5 nitrogen and oxygen atoms in total. The molecule has 1 unspecified atom stereocenters. The molecule has 0 amide bonds. The molecule has 0 bridgehead atoms. The molecule has 0 spiro atoms. The van der Waals surface area contributed by atoms with E-state index in [1.165, 1.54) is 6.33 Å². The molecule has 0 aromatic carbocycles. The molecule has 94 valence electrons. The van der Waals surface area contributed by atoms with Crippen molar-refractivity contribution in [1.29, 1.82) is 0 Å². The molecule has 2 heterocycles. The lowest BCUT2D eigenvalue weighted by molar-refractivity contribution is 0.0381. The fraction of sp³-hybridized carbons (Fsp3) is 0.636.